The maximum absolute atomic E-state index is 11.1. The average Bonchev–Trinajstić information content (AvgIpc) is 2.64. The number of pyridine rings is 1. The van der Waals surface area contributed by atoms with E-state index in [1.807, 2.05) is 0 Å². The first-order valence-electron chi connectivity index (χ1n) is 7.88. The van der Waals surface area contributed by atoms with E-state index in [1.165, 1.54) is 12.4 Å². The number of hydrogen-bond donors (Lipinski definition) is 4. The van der Waals surface area contributed by atoms with E-state index in [-0.39, 0.29) is 5.28 Å². The summed E-state index contributed by atoms with van der Waals surface area (Å²) in [5, 5.41) is 14.8. The van der Waals surface area contributed by atoms with Crippen molar-refractivity contribution in [2.24, 2.45) is 0 Å². The van der Waals surface area contributed by atoms with Gasteiger partial charge in [-0.2, -0.15) is 4.98 Å². The van der Waals surface area contributed by atoms with Crippen LogP contribution >= 0.6 is 23.2 Å². The molecule has 0 radical (unpaired) electrons. The van der Waals surface area contributed by atoms with Gasteiger partial charge in [-0.05, 0) is 41.4 Å². The molecule has 5 N–H and O–H groups in total. The summed E-state index contributed by atoms with van der Waals surface area (Å²) in [6, 6.07) is 6.77. The minimum atomic E-state index is -1.17. The van der Waals surface area contributed by atoms with Crippen molar-refractivity contribution in [2.45, 2.75) is 0 Å². The molecule has 0 spiro atoms. The van der Waals surface area contributed by atoms with Crippen molar-refractivity contribution in [1.82, 2.24) is 15.0 Å². The van der Waals surface area contributed by atoms with E-state index in [1.54, 1.807) is 42.6 Å². The van der Waals surface area contributed by atoms with Gasteiger partial charge >= 0.3 is 6.09 Å². The molecule has 0 atom stereocenters. The van der Waals surface area contributed by atoms with E-state index < -0.39 is 6.09 Å². The lowest BCUT2D eigenvalue weighted by Gasteiger charge is -2.11. The second-order valence-corrected chi connectivity index (χ2v) is 6.32. The Balaban J connectivity index is 1.94. The fraction of sp³-hybridized carbons (Fsp3) is 0. The van der Waals surface area contributed by atoms with Crippen LogP contribution in [-0.4, -0.2) is 26.2 Å². The summed E-state index contributed by atoms with van der Waals surface area (Å²) in [4.78, 5) is 22.9. The van der Waals surface area contributed by atoms with Crippen molar-refractivity contribution in [3.05, 3.63) is 64.3 Å². The zero-order chi connectivity index (χ0) is 20.1. The number of nitrogens with one attached hydrogen (secondary N) is 2. The molecule has 1 aromatic carbocycles. The van der Waals surface area contributed by atoms with Crippen molar-refractivity contribution in [3.63, 3.8) is 0 Å². The van der Waals surface area contributed by atoms with Gasteiger partial charge in [0.15, 0.2) is 5.82 Å². The minimum absolute atomic E-state index is 0.0466. The van der Waals surface area contributed by atoms with E-state index in [2.05, 4.69) is 25.6 Å². The van der Waals surface area contributed by atoms with Crippen LogP contribution in [0.2, 0.25) is 10.3 Å². The lowest BCUT2D eigenvalue weighted by molar-refractivity contribution is 0.209. The highest BCUT2D eigenvalue weighted by molar-refractivity contribution is 6.33. The van der Waals surface area contributed by atoms with Crippen LogP contribution in [0.3, 0.4) is 0 Å². The molecule has 3 rings (SSSR count). The van der Waals surface area contributed by atoms with Gasteiger partial charge in [0, 0.05) is 23.6 Å². The number of carboxylic acid groups (broad SMARTS) is 1. The molecule has 0 fully saturated rings. The van der Waals surface area contributed by atoms with E-state index >= 15 is 0 Å². The quantitative estimate of drug-likeness (QED) is 0.441. The monoisotopic (exact) mass is 416 g/mol. The SMILES string of the molecule is Nc1cncc(C=Cc2cc(Nc3nc(Cl)ncc3Cl)ccc2NC(=O)O)c1. The highest BCUT2D eigenvalue weighted by Gasteiger charge is 2.08. The molecule has 0 unspecified atom stereocenters. The molecule has 0 saturated carbocycles. The predicted molar refractivity (Wildman–Crippen MR) is 111 cm³/mol. The number of nitrogen functional groups attached to an aromatic ring is 1. The normalized spacial score (nSPS) is 10.8. The van der Waals surface area contributed by atoms with Gasteiger partial charge in [0.05, 0.1) is 17.6 Å². The van der Waals surface area contributed by atoms with Crippen LogP contribution in [0.15, 0.2) is 42.9 Å². The maximum atomic E-state index is 11.1. The van der Waals surface area contributed by atoms with Gasteiger partial charge < -0.3 is 16.2 Å². The summed E-state index contributed by atoms with van der Waals surface area (Å²) in [5.41, 5.74) is 8.65. The largest absolute Gasteiger partial charge is 0.465 e. The molecule has 0 aliphatic carbocycles. The van der Waals surface area contributed by atoms with Crippen LogP contribution in [0.5, 0.6) is 0 Å². The van der Waals surface area contributed by atoms with Gasteiger partial charge in [-0.15, -0.1) is 0 Å². The number of halogens is 2. The van der Waals surface area contributed by atoms with Crippen molar-refractivity contribution in [2.75, 3.05) is 16.4 Å². The molecule has 0 saturated heterocycles. The molecule has 28 heavy (non-hydrogen) atoms. The summed E-state index contributed by atoms with van der Waals surface area (Å²) in [6.07, 6.45) is 6.89. The third-order valence-corrected chi connectivity index (χ3v) is 3.97. The number of nitrogens with two attached hydrogens (primary N) is 1. The minimum Gasteiger partial charge on any atom is -0.465 e. The molecule has 0 bridgehead atoms. The third-order valence-electron chi connectivity index (χ3n) is 3.51. The Hall–Kier alpha value is -3.36. The van der Waals surface area contributed by atoms with Crippen LogP contribution < -0.4 is 16.4 Å². The Morgan fingerprint density at radius 2 is 1.96 bits per heavy atom. The van der Waals surface area contributed by atoms with Crippen molar-refractivity contribution >= 4 is 64.3 Å². The Kier molecular flexibility index (Phi) is 5.93. The van der Waals surface area contributed by atoms with Crippen LogP contribution in [0, 0.1) is 0 Å². The molecule has 2 heterocycles. The Morgan fingerprint density at radius 3 is 2.71 bits per heavy atom. The predicted octanol–water partition coefficient (Wildman–Crippen LogP) is 4.76. The molecule has 10 heteroatoms. The number of nitrogens with zero attached hydrogens (tertiary/aromatic N) is 3. The smallest absolute Gasteiger partial charge is 0.409 e. The Morgan fingerprint density at radius 1 is 1.14 bits per heavy atom. The first-order valence-corrected chi connectivity index (χ1v) is 8.64. The van der Waals surface area contributed by atoms with Gasteiger partial charge in [-0.3, -0.25) is 10.3 Å². The summed E-state index contributed by atoms with van der Waals surface area (Å²) >= 11 is 11.9. The zero-order valence-electron chi connectivity index (χ0n) is 14.2. The number of amides is 1. The van der Waals surface area contributed by atoms with E-state index in [9.17, 15) is 4.79 Å². The Labute approximate surface area is 170 Å². The van der Waals surface area contributed by atoms with Crippen LogP contribution in [0.1, 0.15) is 11.1 Å². The van der Waals surface area contributed by atoms with E-state index in [4.69, 9.17) is 34.0 Å². The second kappa shape index (κ2) is 8.55. The van der Waals surface area contributed by atoms with Crippen molar-refractivity contribution < 1.29 is 9.90 Å². The average molecular weight is 417 g/mol. The highest BCUT2D eigenvalue weighted by atomic mass is 35.5. The van der Waals surface area contributed by atoms with Crippen LogP contribution in [-0.2, 0) is 0 Å². The maximum Gasteiger partial charge on any atom is 0.409 e. The number of benzene rings is 1. The van der Waals surface area contributed by atoms with Gasteiger partial charge in [-0.1, -0.05) is 23.8 Å². The summed E-state index contributed by atoms with van der Waals surface area (Å²) in [6.45, 7) is 0. The van der Waals surface area contributed by atoms with Crippen LogP contribution in [0.25, 0.3) is 12.2 Å². The molecule has 2 aromatic heterocycles. The van der Waals surface area contributed by atoms with Crippen molar-refractivity contribution in [1.29, 1.82) is 0 Å². The molecule has 0 aliphatic heterocycles. The van der Waals surface area contributed by atoms with E-state index in [0.717, 1.165) is 5.56 Å². The van der Waals surface area contributed by atoms with E-state index in [0.29, 0.717) is 33.5 Å². The first kappa shape index (κ1) is 19.4. The molecular formula is C18H14Cl2N6O2. The molecule has 1 amide bonds. The van der Waals surface area contributed by atoms with Crippen molar-refractivity contribution in [3.8, 4) is 0 Å². The standard InChI is InChI=1S/C18H14Cl2N6O2/c19-14-9-23-17(20)26-16(14)24-13-3-4-15(25-18(27)28)11(6-13)2-1-10-5-12(21)8-22-7-10/h1-9,25H,21H2,(H,27,28)(H,23,24,26). The lowest BCUT2D eigenvalue weighted by atomic mass is 10.1. The molecule has 142 valence electrons. The zero-order valence-corrected chi connectivity index (χ0v) is 15.7. The van der Waals surface area contributed by atoms with Gasteiger partial charge in [0.1, 0.15) is 5.02 Å². The third kappa shape index (κ3) is 5.09. The first-order chi connectivity index (χ1) is 13.4. The van der Waals surface area contributed by atoms with Gasteiger partial charge in [0.2, 0.25) is 5.28 Å². The van der Waals surface area contributed by atoms with Gasteiger partial charge in [0.25, 0.3) is 0 Å². The lowest BCUT2D eigenvalue weighted by Crippen LogP contribution is -2.08. The van der Waals surface area contributed by atoms with Crippen LogP contribution in [0.4, 0.5) is 27.7 Å². The molecule has 0 aliphatic rings. The second-order valence-electron chi connectivity index (χ2n) is 5.58. The number of hydrogen-bond acceptors (Lipinski definition) is 6. The fourth-order valence-electron chi connectivity index (χ4n) is 2.33. The molecular weight excluding hydrogens is 403 g/mol. The number of anilines is 4. The summed E-state index contributed by atoms with van der Waals surface area (Å²) in [5.74, 6) is 0.329. The number of aromatic nitrogens is 3. The fourth-order valence-corrected chi connectivity index (χ4v) is 2.60. The number of rotatable bonds is 5. The van der Waals surface area contributed by atoms with Gasteiger partial charge in [-0.25, -0.2) is 9.78 Å². The Bertz CT molecular complexity index is 1060. The topological polar surface area (TPSA) is 126 Å². The molecule has 8 nitrogen and oxygen atoms in total. The summed E-state index contributed by atoms with van der Waals surface area (Å²) in [7, 11) is 0. The highest BCUT2D eigenvalue weighted by Crippen LogP contribution is 2.28. The molecule has 3 aromatic rings. The summed E-state index contributed by atoms with van der Waals surface area (Å²) < 4.78 is 0. The number of carbonyl (C=O) groups is 1.